The highest BCUT2D eigenvalue weighted by Gasteiger charge is 2.30. The molecule has 3 atom stereocenters. The topological polar surface area (TPSA) is 265 Å². The van der Waals surface area contributed by atoms with Gasteiger partial charge in [0.05, 0.1) is 107 Å². The molecule has 15 aromatic rings. The lowest BCUT2D eigenvalue weighted by Gasteiger charge is -2.38. The predicted molar refractivity (Wildman–Crippen MR) is 487 cm³/mol. The van der Waals surface area contributed by atoms with Crippen LogP contribution in [0.25, 0.3) is 81.4 Å². The van der Waals surface area contributed by atoms with E-state index in [0.29, 0.717) is 133 Å². The number of aromatic carboxylic acids is 1. The largest absolute Gasteiger partial charge is 0.478 e. The van der Waals surface area contributed by atoms with Gasteiger partial charge in [0.25, 0.3) is 0 Å². The first-order chi connectivity index (χ1) is 64.4. The van der Waals surface area contributed by atoms with Crippen molar-refractivity contribution in [3.63, 3.8) is 0 Å². The Balaban J connectivity index is 0.000000150. The average Bonchev–Trinajstić information content (AvgIpc) is 1.64. The number of carboxylic acids is 1. The lowest BCUT2D eigenvalue weighted by atomic mass is 10.0. The molecule has 31 heteroatoms. The molecular weight excluding hydrogens is 1710 g/mol. The number of likely N-dealkylation sites (N-methyl/N-ethyl adjacent to an activating group) is 2. The van der Waals surface area contributed by atoms with Crippen molar-refractivity contribution in [3.8, 4) is 57.5 Å². The predicted octanol–water partition coefficient (Wildman–Crippen LogP) is 19.9. The van der Waals surface area contributed by atoms with E-state index < -0.39 is 52.8 Å². The summed E-state index contributed by atoms with van der Waals surface area (Å²) >= 11 is 0. The summed E-state index contributed by atoms with van der Waals surface area (Å²) in [7, 11) is 6.82. The van der Waals surface area contributed by atoms with E-state index in [1.54, 1.807) is 146 Å². The summed E-state index contributed by atoms with van der Waals surface area (Å²) in [6, 6.07) is 60.8. The summed E-state index contributed by atoms with van der Waals surface area (Å²) in [6.45, 7) is 27.2. The summed E-state index contributed by atoms with van der Waals surface area (Å²) in [5, 5.41) is 20.2. The molecule has 0 amide bonds. The number of nitrogens with zero attached hydrogens (tertiary/aromatic N) is 15. The van der Waals surface area contributed by atoms with E-state index in [-0.39, 0.29) is 85.4 Å². The minimum atomic E-state index is -1.01. The number of ether oxygens (including phenoxy) is 5. The molecule has 2 N–H and O–H groups in total. The maximum atomic E-state index is 15.6. The van der Waals surface area contributed by atoms with Gasteiger partial charge in [0, 0.05) is 116 Å². The van der Waals surface area contributed by atoms with Crippen LogP contribution < -0.4 is 19.5 Å². The van der Waals surface area contributed by atoms with Crippen LogP contribution in [-0.2, 0) is 68.2 Å². The van der Waals surface area contributed by atoms with Crippen molar-refractivity contribution in [2.24, 2.45) is 0 Å². The molecule has 9 aromatic carbocycles. The van der Waals surface area contributed by atoms with Gasteiger partial charge in [0.1, 0.15) is 72.2 Å². The van der Waals surface area contributed by atoms with Gasteiger partial charge in [-0.15, -0.1) is 0 Å². The quantitative estimate of drug-likeness (QED) is 0.0275. The molecule has 18 rings (SSSR count). The number of imidazole rings is 3. The number of carbonyl (C=O) groups excluding carboxylic acids is 2. The van der Waals surface area contributed by atoms with Crippen LogP contribution in [0.3, 0.4) is 0 Å². The highest BCUT2D eigenvalue weighted by Crippen LogP contribution is 2.35. The van der Waals surface area contributed by atoms with Gasteiger partial charge in [-0.2, -0.15) is 5.26 Å². The summed E-state index contributed by atoms with van der Waals surface area (Å²) in [5.41, 5.74) is 11.6. The number of carboxylic acid groups (broad SMARTS) is 1. The third-order valence-corrected chi connectivity index (χ3v) is 23.4. The zero-order chi connectivity index (χ0) is 93.5. The maximum Gasteiger partial charge on any atom is 0.337 e. The molecular formula is C102H86F6N16O9. The second-order valence-electron chi connectivity index (χ2n) is 31.9. The van der Waals surface area contributed by atoms with Crippen molar-refractivity contribution in [2.45, 2.75) is 103 Å². The third-order valence-electron chi connectivity index (χ3n) is 23.4. The zero-order valence-corrected chi connectivity index (χ0v) is 72.8. The van der Waals surface area contributed by atoms with Crippen molar-refractivity contribution >= 4 is 68.1 Å². The van der Waals surface area contributed by atoms with Crippen LogP contribution in [0.2, 0.25) is 0 Å². The third kappa shape index (κ3) is 21.7. The fourth-order valence-electron chi connectivity index (χ4n) is 15.6. The Morgan fingerprint density at radius 3 is 1.02 bits per heavy atom. The number of hydrogen-bond acceptors (Lipinski definition) is 18. The number of fused-ring (bicyclic) bond motifs is 3. The number of likely N-dealkylation sites (tertiary alicyclic amines) is 2. The Hall–Kier alpha value is -15.9. The van der Waals surface area contributed by atoms with Crippen molar-refractivity contribution < 1.29 is 69.5 Å². The lowest BCUT2D eigenvalue weighted by molar-refractivity contribution is 0.0592. The molecule has 0 radical (unpaired) electrons. The number of nitrogens with one attached hydrogen (secondary N) is 1. The molecule has 3 fully saturated rings. The normalized spacial score (nSPS) is 14.3. The van der Waals surface area contributed by atoms with Gasteiger partial charge in [0.2, 0.25) is 17.6 Å². The van der Waals surface area contributed by atoms with E-state index >= 15 is 13.2 Å². The van der Waals surface area contributed by atoms with Gasteiger partial charge in [-0.1, -0.05) is 91.0 Å². The summed E-state index contributed by atoms with van der Waals surface area (Å²) < 4.78 is 122. The number of esters is 2. The second kappa shape index (κ2) is 41.7. The number of nitriles is 1. The van der Waals surface area contributed by atoms with Crippen molar-refractivity contribution in [2.75, 3.05) is 47.9 Å². The van der Waals surface area contributed by atoms with Crippen LogP contribution in [0.1, 0.15) is 108 Å². The first-order valence-corrected chi connectivity index (χ1v) is 42.4. The van der Waals surface area contributed by atoms with Crippen LogP contribution >= 0.6 is 0 Å². The van der Waals surface area contributed by atoms with Crippen LogP contribution in [0, 0.1) is 66.0 Å². The number of rotatable bonds is 27. The molecule has 0 saturated carbocycles. The monoisotopic (exact) mass is 1790 g/mol. The van der Waals surface area contributed by atoms with E-state index in [0.717, 1.165) is 72.5 Å². The fourth-order valence-corrected chi connectivity index (χ4v) is 15.6. The second-order valence-corrected chi connectivity index (χ2v) is 31.9. The molecule has 0 aliphatic carbocycles. The Bertz CT molecular complexity index is 7110. The Kier molecular flexibility index (Phi) is 28.8. The number of benzene rings is 9. The van der Waals surface area contributed by atoms with E-state index in [9.17, 15) is 32.7 Å². The fraction of sp³-hybridized carbons (Fsp3) is 0.225. The van der Waals surface area contributed by atoms with Gasteiger partial charge < -0.3 is 57.6 Å². The first kappa shape index (κ1) is 91.8. The molecule has 3 saturated heterocycles. The molecule has 0 bridgehead atoms. The first-order valence-electron chi connectivity index (χ1n) is 42.4. The molecule has 670 valence electrons. The highest BCUT2D eigenvalue weighted by molar-refractivity contribution is 5.95. The van der Waals surface area contributed by atoms with Crippen LogP contribution in [-0.4, -0.2) is 142 Å². The van der Waals surface area contributed by atoms with Crippen LogP contribution in [0.4, 0.5) is 43.4 Å². The van der Waals surface area contributed by atoms with E-state index in [4.69, 9.17) is 63.6 Å². The van der Waals surface area contributed by atoms with Gasteiger partial charge in [-0.25, -0.2) is 85.2 Å². The molecule has 6 aromatic heterocycles. The number of hydrogen-bond donors (Lipinski definition) is 2. The summed E-state index contributed by atoms with van der Waals surface area (Å²) in [6.07, 6.45) is 3.85. The highest BCUT2D eigenvalue weighted by atomic mass is 19.1. The smallest absolute Gasteiger partial charge is 0.337 e. The molecule has 25 nitrogen and oxygen atoms in total. The minimum absolute atomic E-state index is 0.0629. The molecule has 133 heavy (non-hydrogen) atoms. The van der Waals surface area contributed by atoms with Gasteiger partial charge >= 0.3 is 17.9 Å². The summed E-state index contributed by atoms with van der Waals surface area (Å²) in [5.74, 6) is -1.80. The summed E-state index contributed by atoms with van der Waals surface area (Å²) in [4.78, 5) is 77.9. The Labute approximate surface area is 761 Å². The SMILES string of the molecule is CC#N.[C-]#[N+]c1ccc(COc2cccc(-c3ccc(Cc4nc5ccc(C(=O)O)cc5n4C[C@@H]4CCN4C)c(F)c3)n2)c(F)c1.[C-]#[N+]c1ccc(COc2cccc(-c3ccc(Cc4nc5ccc(C(=O)OC)cc5n4C[C@@H]4CCN4)c(F)c3)n2)c(F)c1.[C-]#[N+]c1ccc(COc2cccc(-c3ccc(Cc4nc5ccc(C(=O)OC)cc5n4C[C@@H]4CCN4C)c(F)c3)n2)c(F)c1. The average molecular weight is 1790 g/mol. The molecule has 0 spiro atoms. The van der Waals surface area contributed by atoms with E-state index in [2.05, 4.69) is 56.2 Å². The van der Waals surface area contributed by atoms with Crippen molar-refractivity contribution in [1.82, 2.24) is 58.7 Å². The number of halogens is 6. The van der Waals surface area contributed by atoms with Gasteiger partial charge in [-0.05, 0) is 179 Å². The number of aromatic nitrogens is 9. The van der Waals surface area contributed by atoms with Gasteiger partial charge in [0.15, 0.2) is 17.1 Å². The Morgan fingerprint density at radius 2 is 0.744 bits per heavy atom. The number of methoxy groups -OCH3 is 2. The molecule has 9 heterocycles. The number of pyridine rings is 3. The maximum absolute atomic E-state index is 15.6. The molecule has 0 unspecified atom stereocenters. The zero-order valence-electron chi connectivity index (χ0n) is 72.8. The van der Waals surface area contributed by atoms with Crippen molar-refractivity contribution in [3.05, 3.63) is 355 Å². The molecule has 3 aliphatic rings. The van der Waals surface area contributed by atoms with Crippen molar-refractivity contribution in [1.29, 1.82) is 5.26 Å². The number of carbonyl (C=O) groups is 3. The minimum Gasteiger partial charge on any atom is -0.478 e. The Morgan fingerprint density at radius 1 is 0.429 bits per heavy atom. The van der Waals surface area contributed by atoms with E-state index in [1.807, 2.05) is 16.2 Å². The van der Waals surface area contributed by atoms with Crippen LogP contribution in [0.5, 0.6) is 17.6 Å². The standard InChI is InChI=1S/C34H29F2N5O3.2C33H27F2N5O3.C2H3N/c1-37-25-11-9-24(28(36)18-25)20-44-33-6-4-5-29(39-33)22-8-7-21(27(35)15-22)17-32-38-30-12-10-23(34(42)43-3)16-31(30)41(32)19-26-13-14-40(26)2;1-36-24-10-8-23(27(35)17-24)19-43-32-5-3-4-28(38-32)21-7-6-20(26(34)14-21)16-31-37-29-11-9-22(33(41)42)15-30(29)40(31)18-25-12-13-39(25)2;1-36-24-10-8-23(27(35)17-24)19-43-32-5-3-4-28(39-32)21-7-6-20(26(34)14-21)16-31-38-29-11-9-22(33(41)42-2)15-30(29)40(31)18-25-12-13-37-25;1-2-3/h4-12,15-16,18,26H,13-14,17,19-20H2,2-3H3;3-11,14-15,17,25H,12-13,16,18-19H2,2H3,(H,41,42);3-11,14-15,17,25,37H,12-13,16,18-19H2,2H3;1H3/t26-;2*25-;/m000./s1. The van der Waals surface area contributed by atoms with E-state index in [1.165, 1.54) is 93.9 Å². The van der Waals surface area contributed by atoms with Crippen LogP contribution in [0.15, 0.2) is 218 Å². The lowest BCUT2D eigenvalue weighted by Crippen LogP contribution is -2.47. The molecule has 3 aliphatic heterocycles. The van der Waals surface area contributed by atoms with Gasteiger partial charge in [-0.3, -0.25) is 0 Å².